The van der Waals surface area contributed by atoms with Gasteiger partial charge in [0.15, 0.2) is 0 Å². The zero-order chi connectivity index (χ0) is 11.5. The quantitative estimate of drug-likeness (QED) is 0.833. The summed E-state index contributed by atoms with van der Waals surface area (Å²) in [6, 6.07) is 0. The number of hydrogen-bond acceptors (Lipinski definition) is 3. The molecule has 0 spiro atoms. The molecule has 1 fully saturated rings. The van der Waals surface area contributed by atoms with E-state index in [-0.39, 0.29) is 0 Å². The van der Waals surface area contributed by atoms with Crippen LogP contribution in [0.4, 0.5) is 0 Å². The number of aromatic nitrogens is 2. The second-order valence-corrected chi connectivity index (χ2v) is 4.93. The molecule has 1 aromatic heterocycles. The van der Waals surface area contributed by atoms with E-state index in [1.54, 1.807) is 0 Å². The Kier molecular flexibility index (Phi) is 3.61. The van der Waals surface area contributed by atoms with Crippen LogP contribution in [0.5, 0.6) is 0 Å². The lowest BCUT2D eigenvalue weighted by atomic mass is 10.00. The van der Waals surface area contributed by atoms with Gasteiger partial charge in [-0.2, -0.15) is 5.10 Å². The standard InChI is InChI=1S/C12H22N4/c1-10-4-3-5-16(8-10)9-12-11(6-13)7-14-15(12)2/h7,10H,3-6,8-9,13H2,1-2H3/t10-/m1/s1. The molecule has 2 heterocycles. The van der Waals surface area contributed by atoms with E-state index < -0.39 is 0 Å². The SMILES string of the molecule is C[C@@H]1CCCN(Cc2c(CN)cnn2C)C1. The van der Waals surface area contributed by atoms with Crippen LogP contribution in [0.15, 0.2) is 6.20 Å². The van der Waals surface area contributed by atoms with Crippen molar-refractivity contribution in [3.05, 3.63) is 17.5 Å². The summed E-state index contributed by atoms with van der Waals surface area (Å²) in [5, 5.41) is 4.28. The molecule has 0 radical (unpaired) electrons. The highest BCUT2D eigenvalue weighted by atomic mass is 15.3. The molecule has 1 aliphatic rings. The third-order valence-electron chi connectivity index (χ3n) is 3.48. The fourth-order valence-corrected chi connectivity index (χ4v) is 2.52. The molecular weight excluding hydrogens is 200 g/mol. The Morgan fingerprint density at radius 3 is 3.06 bits per heavy atom. The van der Waals surface area contributed by atoms with Crippen molar-refractivity contribution in [3.63, 3.8) is 0 Å². The molecule has 1 aliphatic heterocycles. The average Bonchev–Trinajstić information content (AvgIpc) is 2.60. The van der Waals surface area contributed by atoms with Crippen LogP contribution in [-0.2, 0) is 20.1 Å². The maximum Gasteiger partial charge on any atom is 0.0565 e. The zero-order valence-electron chi connectivity index (χ0n) is 10.3. The fourth-order valence-electron chi connectivity index (χ4n) is 2.52. The Bertz CT molecular complexity index is 345. The van der Waals surface area contributed by atoms with Crippen LogP contribution in [0.1, 0.15) is 31.0 Å². The lowest BCUT2D eigenvalue weighted by molar-refractivity contribution is 0.172. The number of hydrogen-bond donors (Lipinski definition) is 1. The van der Waals surface area contributed by atoms with Crippen LogP contribution in [0.2, 0.25) is 0 Å². The minimum Gasteiger partial charge on any atom is -0.326 e. The first-order valence-corrected chi connectivity index (χ1v) is 6.13. The molecule has 0 unspecified atom stereocenters. The summed E-state index contributed by atoms with van der Waals surface area (Å²) < 4.78 is 1.96. The molecule has 1 atom stereocenters. The summed E-state index contributed by atoms with van der Waals surface area (Å²) in [5.41, 5.74) is 8.18. The molecule has 4 nitrogen and oxygen atoms in total. The number of aryl methyl sites for hydroxylation is 1. The monoisotopic (exact) mass is 222 g/mol. The molecular formula is C12H22N4. The van der Waals surface area contributed by atoms with Gasteiger partial charge >= 0.3 is 0 Å². The summed E-state index contributed by atoms with van der Waals surface area (Å²) in [6.07, 6.45) is 4.57. The lowest BCUT2D eigenvalue weighted by Gasteiger charge is -2.30. The van der Waals surface area contributed by atoms with Crippen molar-refractivity contribution >= 4 is 0 Å². The Balaban J connectivity index is 2.04. The third kappa shape index (κ3) is 2.44. The van der Waals surface area contributed by atoms with E-state index in [0.29, 0.717) is 6.54 Å². The van der Waals surface area contributed by atoms with Crippen molar-refractivity contribution in [2.75, 3.05) is 13.1 Å². The average molecular weight is 222 g/mol. The lowest BCUT2D eigenvalue weighted by Crippen LogP contribution is -2.34. The van der Waals surface area contributed by atoms with E-state index in [4.69, 9.17) is 5.73 Å². The number of nitrogens with zero attached hydrogens (tertiary/aromatic N) is 3. The molecule has 90 valence electrons. The second-order valence-electron chi connectivity index (χ2n) is 4.93. The van der Waals surface area contributed by atoms with Crippen LogP contribution < -0.4 is 5.73 Å². The number of likely N-dealkylation sites (tertiary alicyclic amines) is 1. The highest BCUT2D eigenvalue weighted by Crippen LogP contribution is 2.18. The molecule has 1 aromatic rings. The highest BCUT2D eigenvalue weighted by molar-refractivity contribution is 5.17. The maximum atomic E-state index is 5.72. The van der Waals surface area contributed by atoms with E-state index in [1.807, 2.05) is 17.9 Å². The largest absolute Gasteiger partial charge is 0.326 e. The molecule has 0 amide bonds. The summed E-state index contributed by atoms with van der Waals surface area (Å²) in [5.74, 6) is 0.823. The van der Waals surface area contributed by atoms with Gasteiger partial charge in [-0.15, -0.1) is 0 Å². The van der Waals surface area contributed by atoms with Crippen LogP contribution in [-0.4, -0.2) is 27.8 Å². The highest BCUT2D eigenvalue weighted by Gasteiger charge is 2.18. The minimum atomic E-state index is 0.590. The molecule has 0 bridgehead atoms. The van der Waals surface area contributed by atoms with Crippen molar-refractivity contribution in [1.82, 2.24) is 14.7 Å². The molecule has 2 N–H and O–H groups in total. The van der Waals surface area contributed by atoms with Gasteiger partial charge in [0, 0.05) is 32.2 Å². The fraction of sp³-hybridized carbons (Fsp3) is 0.750. The maximum absolute atomic E-state index is 5.72. The molecule has 0 aliphatic carbocycles. The van der Waals surface area contributed by atoms with Gasteiger partial charge in [0.25, 0.3) is 0 Å². The molecule has 16 heavy (non-hydrogen) atoms. The van der Waals surface area contributed by atoms with Crippen molar-refractivity contribution in [3.8, 4) is 0 Å². The molecule has 2 rings (SSSR count). The molecule has 1 saturated heterocycles. The van der Waals surface area contributed by atoms with Gasteiger partial charge < -0.3 is 5.73 Å². The Hall–Kier alpha value is -0.870. The number of piperidine rings is 1. The first kappa shape index (κ1) is 11.6. The Morgan fingerprint density at radius 2 is 2.38 bits per heavy atom. The summed E-state index contributed by atoms with van der Waals surface area (Å²) >= 11 is 0. The van der Waals surface area contributed by atoms with Crippen LogP contribution in [0.3, 0.4) is 0 Å². The van der Waals surface area contributed by atoms with Crippen molar-refractivity contribution in [2.45, 2.75) is 32.9 Å². The van der Waals surface area contributed by atoms with E-state index in [1.165, 1.54) is 37.2 Å². The van der Waals surface area contributed by atoms with Crippen LogP contribution >= 0.6 is 0 Å². The molecule has 0 saturated carbocycles. The van der Waals surface area contributed by atoms with E-state index in [0.717, 1.165) is 12.5 Å². The van der Waals surface area contributed by atoms with Crippen molar-refractivity contribution in [2.24, 2.45) is 18.7 Å². The van der Waals surface area contributed by atoms with Gasteiger partial charge in [-0.3, -0.25) is 9.58 Å². The first-order chi connectivity index (χ1) is 7.70. The number of rotatable bonds is 3. The van der Waals surface area contributed by atoms with E-state index in [2.05, 4.69) is 16.9 Å². The number of nitrogens with two attached hydrogens (primary N) is 1. The summed E-state index contributed by atoms with van der Waals surface area (Å²) in [7, 11) is 2.00. The Labute approximate surface area is 97.4 Å². The van der Waals surface area contributed by atoms with Gasteiger partial charge in [0.05, 0.1) is 11.9 Å². The first-order valence-electron chi connectivity index (χ1n) is 6.13. The van der Waals surface area contributed by atoms with Gasteiger partial charge in [-0.25, -0.2) is 0 Å². The van der Waals surface area contributed by atoms with Gasteiger partial charge in [0.2, 0.25) is 0 Å². The second kappa shape index (κ2) is 4.97. The minimum absolute atomic E-state index is 0.590. The predicted octanol–water partition coefficient (Wildman–Crippen LogP) is 1.11. The zero-order valence-corrected chi connectivity index (χ0v) is 10.3. The molecule has 0 aromatic carbocycles. The van der Waals surface area contributed by atoms with Gasteiger partial charge in [-0.1, -0.05) is 6.92 Å². The normalized spacial score (nSPS) is 22.6. The Morgan fingerprint density at radius 1 is 1.56 bits per heavy atom. The van der Waals surface area contributed by atoms with Crippen LogP contribution in [0.25, 0.3) is 0 Å². The van der Waals surface area contributed by atoms with E-state index in [9.17, 15) is 0 Å². The van der Waals surface area contributed by atoms with Crippen LogP contribution in [0, 0.1) is 5.92 Å². The summed E-state index contributed by atoms with van der Waals surface area (Å²) in [6.45, 7) is 6.33. The third-order valence-corrected chi connectivity index (χ3v) is 3.48. The smallest absolute Gasteiger partial charge is 0.0565 e. The molecule has 4 heteroatoms. The topological polar surface area (TPSA) is 47.1 Å². The van der Waals surface area contributed by atoms with Gasteiger partial charge in [-0.05, 0) is 25.3 Å². The van der Waals surface area contributed by atoms with Crippen molar-refractivity contribution < 1.29 is 0 Å². The van der Waals surface area contributed by atoms with Crippen molar-refractivity contribution in [1.29, 1.82) is 0 Å². The van der Waals surface area contributed by atoms with E-state index >= 15 is 0 Å². The predicted molar refractivity (Wildman–Crippen MR) is 64.8 cm³/mol. The summed E-state index contributed by atoms with van der Waals surface area (Å²) in [4.78, 5) is 2.52. The van der Waals surface area contributed by atoms with Gasteiger partial charge in [0.1, 0.15) is 0 Å².